The Morgan fingerprint density at radius 1 is 1.53 bits per heavy atom. The molecule has 0 aliphatic heterocycles. The summed E-state index contributed by atoms with van der Waals surface area (Å²) in [5.41, 5.74) is 5.34. The van der Waals surface area contributed by atoms with Crippen LogP contribution in [0.15, 0.2) is 35.3 Å². The van der Waals surface area contributed by atoms with Crippen LogP contribution in [-0.2, 0) is 4.79 Å². The Morgan fingerprint density at radius 3 is 2.59 bits per heavy atom. The molecule has 0 atom stereocenters. The molecule has 0 aromatic heterocycles. The molecule has 1 aliphatic carbocycles. The molecule has 0 aromatic carbocycles. The van der Waals surface area contributed by atoms with Crippen molar-refractivity contribution in [1.82, 2.24) is 0 Å². The molecule has 0 heterocycles. The van der Waals surface area contributed by atoms with Crippen molar-refractivity contribution in [3.8, 4) is 0 Å². The lowest BCUT2D eigenvalue weighted by Gasteiger charge is -2.02. The highest BCUT2D eigenvalue weighted by atomic mass is 32.2. The quantitative estimate of drug-likeness (QED) is 0.539. The number of rotatable bonds is 7. The van der Waals surface area contributed by atoms with Gasteiger partial charge in [-0.25, -0.2) is 0 Å². The number of primary amides is 1. The van der Waals surface area contributed by atoms with Crippen molar-refractivity contribution in [2.45, 2.75) is 31.4 Å². The fraction of sp³-hybridized carbons (Fsp3) is 0.385. The van der Waals surface area contributed by atoms with Crippen LogP contribution in [0.2, 0.25) is 0 Å². The number of nitrogens with one attached hydrogen (secondary N) is 1. The Bertz CT molecular complexity index is 392. The van der Waals surface area contributed by atoms with E-state index in [1.54, 1.807) is 6.08 Å². The SMILES string of the molecule is C=C/C(=C\C=C(/CC)SC1CC1)C(=N)C(N)=O. The summed E-state index contributed by atoms with van der Waals surface area (Å²) in [4.78, 5) is 12.2. The Balaban J connectivity index is 2.74. The van der Waals surface area contributed by atoms with Crippen LogP contribution in [0.4, 0.5) is 0 Å². The van der Waals surface area contributed by atoms with E-state index in [0.29, 0.717) is 5.57 Å². The predicted octanol–water partition coefficient (Wildman–Crippen LogP) is 2.79. The summed E-state index contributed by atoms with van der Waals surface area (Å²) in [6.07, 6.45) is 8.73. The van der Waals surface area contributed by atoms with E-state index in [2.05, 4.69) is 13.5 Å². The summed E-state index contributed by atoms with van der Waals surface area (Å²) in [6, 6.07) is 0. The van der Waals surface area contributed by atoms with E-state index in [1.807, 2.05) is 17.8 Å². The first kappa shape index (κ1) is 13.8. The van der Waals surface area contributed by atoms with Crippen LogP contribution in [0, 0.1) is 5.41 Å². The Kier molecular flexibility index (Phi) is 5.22. The molecular weight excluding hydrogens is 232 g/mol. The molecule has 1 rings (SSSR count). The first-order valence-corrected chi connectivity index (χ1v) is 6.55. The fourth-order valence-electron chi connectivity index (χ4n) is 1.22. The van der Waals surface area contributed by atoms with Crippen LogP contribution in [0.5, 0.6) is 0 Å². The summed E-state index contributed by atoms with van der Waals surface area (Å²) in [5.74, 6) is -0.725. The first-order chi connectivity index (χ1) is 8.08. The second-order valence-corrected chi connectivity index (χ2v) is 5.30. The van der Waals surface area contributed by atoms with Crippen LogP contribution >= 0.6 is 11.8 Å². The molecule has 92 valence electrons. The van der Waals surface area contributed by atoms with Gasteiger partial charge in [0.1, 0.15) is 5.71 Å². The zero-order valence-electron chi connectivity index (χ0n) is 10.0. The standard InChI is InChI=1S/C13H18N2OS/c1-3-9(12(14)13(15)16)5-6-10(4-2)17-11-7-8-11/h3,5-6,11,14H,1,4,7-8H2,2H3,(H2,15,16)/b9-5+,10-6+,14-12?. The average Bonchev–Trinajstić information content (AvgIpc) is 3.11. The van der Waals surface area contributed by atoms with Crippen LogP contribution in [0.1, 0.15) is 26.2 Å². The smallest absolute Gasteiger partial charge is 0.267 e. The molecule has 1 amide bonds. The lowest BCUT2D eigenvalue weighted by atomic mass is 10.1. The molecule has 0 saturated heterocycles. The molecule has 0 unspecified atom stereocenters. The summed E-state index contributed by atoms with van der Waals surface area (Å²) < 4.78 is 0. The van der Waals surface area contributed by atoms with Crippen molar-refractivity contribution in [2.75, 3.05) is 0 Å². The van der Waals surface area contributed by atoms with Gasteiger partial charge in [0.15, 0.2) is 0 Å². The van der Waals surface area contributed by atoms with Gasteiger partial charge in [-0.3, -0.25) is 10.2 Å². The normalized spacial score (nSPS) is 16.8. The zero-order chi connectivity index (χ0) is 12.8. The van der Waals surface area contributed by atoms with Crippen LogP contribution in [-0.4, -0.2) is 16.9 Å². The van der Waals surface area contributed by atoms with Gasteiger partial charge in [0.2, 0.25) is 0 Å². The topological polar surface area (TPSA) is 66.9 Å². The van der Waals surface area contributed by atoms with E-state index in [9.17, 15) is 4.79 Å². The van der Waals surface area contributed by atoms with Gasteiger partial charge in [-0.2, -0.15) is 0 Å². The number of hydrogen-bond donors (Lipinski definition) is 2. The van der Waals surface area contributed by atoms with Gasteiger partial charge in [-0.05, 0) is 24.2 Å². The number of hydrogen-bond acceptors (Lipinski definition) is 3. The number of carbonyl (C=O) groups excluding carboxylic acids is 1. The predicted molar refractivity (Wildman–Crippen MR) is 74.2 cm³/mol. The third kappa shape index (κ3) is 4.61. The molecular formula is C13H18N2OS. The molecule has 1 fully saturated rings. The second kappa shape index (κ2) is 6.45. The zero-order valence-corrected chi connectivity index (χ0v) is 10.8. The largest absolute Gasteiger partial charge is 0.364 e. The molecule has 4 heteroatoms. The Labute approximate surface area is 106 Å². The highest BCUT2D eigenvalue weighted by Gasteiger charge is 2.22. The van der Waals surface area contributed by atoms with Crippen LogP contribution < -0.4 is 5.73 Å². The number of thioether (sulfide) groups is 1. The Morgan fingerprint density at radius 2 is 2.18 bits per heavy atom. The second-order valence-electron chi connectivity index (χ2n) is 3.87. The number of allylic oxidation sites excluding steroid dienone is 4. The van der Waals surface area contributed by atoms with E-state index in [1.165, 1.54) is 23.8 Å². The molecule has 0 spiro atoms. The maximum Gasteiger partial charge on any atom is 0.267 e. The summed E-state index contributed by atoms with van der Waals surface area (Å²) >= 11 is 1.88. The maximum absolute atomic E-state index is 10.9. The first-order valence-electron chi connectivity index (χ1n) is 5.67. The fourth-order valence-corrected chi connectivity index (χ4v) is 2.33. The van der Waals surface area contributed by atoms with E-state index in [0.717, 1.165) is 11.7 Å². The van der Waals surface area contributed by atoms with E-state index < -0.39 is 5.91 Å². The minimum Gasteiger partial charge on any atom is -0.364 e. The highest BCUT2D eigenvalue weighted by molar-refractivity contribution is 8.03. The molecule has 3 N–H and O–H groups in total. The van der Waals surface area contributed by atoms with E-state index >= 15 is 0 Å². The van der Waals surface area contributed by atoms with Gasteiger partial charge in [0, 0.05) is 10.8 Å². The van der Waals surface area contributed by atoms with Crippen molar-refractivity contribution in [1.29, 1.82) is 5.41 Å². The van der Waals surface area contributed by atoms with E-state index in [-0.39, 0.29) is 5.71 Å². The number of amides is 1. The van der Waals surface area contributed by atoms with Gasteiger partial charge >= 0.3 is 0 Å². The molecule has 0 bridgehead atoms. The van der Waals surface area contributed by atoms with Crippen molar-refractivity contribution >= 4 is 23.4 Å². The number of nitrogens with two attached hydrogens (primary N) is 1. The molecule has 17 heavy (non-hydrogen) atoms. The van der Waals surface area contributed by atoms with Crippen molar-refractivity contribution in [2.24, 2.45) is 5.73 Å². The highest BCUT2D eigenvalue weighted by Crippen LogP contribution is 2.39. The van der Waals surface area contributed by atoms with Crippen LogP contribution in [0.25, 0.3) is 0 Å². The molecule has 1 saturated carbocycles. The minimum absolute atomic E-state index is 0.192. The number of carbonyl (C=O) groups is 1. The van der Waals surface area contributed by atoms with Gasteiger partial charge in [-0.15, -0.1) is 11.8 Å². The third-order valence-electron chi connectivity index (χ3n) is 2.39. The van der Waals surface area contributed by atoms with Gasteiger partial charge in [-0.1, -0.05) is 31.7 Å². The van der Waals surface area contributed by atoms with E-state index in [4.69, 9.17) is 11.1 Å². The summed E-state index contributed by atoms with van der Waals surface area (Å²) in [5, 5.41) is 8.27. The monoisotopic (exact) mass is 250 g/mol. The molecule has 0 radical (unpaired) electrons. The van der Waals surface area contributed by atoms with Crippen LogP contribution in [0.3, 0.4) is 0 Å². The summed E-state index contributed by atoms with van der Waals surface area (Å²) in [7, 11) is 0. The van der Waals surface area contributed by atoms with Crippen molar-refractivity contribution < 1.29 is 4.79 Å². The molecule has 1 aliphatic rings. The molecule has 3 nitrogen and oxygen atoms in total. The maximum atomic E-state index is 10.9. The van der Waals surface area contributed by atoms with Crippen molar-refractivity contribution in [3.05, 3.63) is 35.3 Å². The molecule has 0 aromatic rings. The summed E-state index contributed by atoms with van der Waals surface area (Å²) in [6.45, 7) is 5.69. The lowest BCUT2D eigenvalue weighted by Crippen LogP contribution is -2.23. The van der Waals surface area contributed by atoms with Gasteiger partial charge in [0.25, 0.3) is 5.91 Å². The lowest BCUT2D eigenvalue weighted by molar-refractivity contribution is -0.112. The van der Waals surface area contributed by atoms with Gasteiger partial charge < -0.3 is 5.73 Å². The Hall–Kier alpha value is -1.29. The minimum atomic E-state index is -0.725. The third-order valence-corrected chi connectivity index (χ3v) is 3.93. The average molecular weight is 250 g/mol. The van der Waals surface area contributed by atoms with Gasteiger partial charge in [0.05, 0.1) is 0 Å². The van der Waals surface area contributed by atoms with Crippen molar-refractivity contribution in [3.63, 3.8) is 0 Å².